The summed E-state index contributed by atoms with van der Waals surface area (Å²) in [4.78, 5) is 5.64. The van der Waals surface area contributed by atoms with Gasteiger partial charge in [0.05, 0.1) is 6.04 Å². The van der Waals surface area contributed by atoms with Crippen LogP contribution in [0.4, 0.5) is 28.4 Å². The minimum atomic E-state index is -2.21. The van der Waals surface area contributed by atoms with E-state index in [1.807, 2.05) is 0 Å². The van der Waals surface area contributed by atoms with Crippen molar-refractivity contribution in [3.05, 3.63) is 221 Å². The smallest absolute Gasteiger partial charge is 0.252 e. The molecule has 3 unspecified atom stereocenters. The Hall–Kier alpha value is -6.10. The third-order valence-corrected chi connectivity index (χ3v) is 24.5. The van der Waals surface area contributed by atoms with E-state index >= 15 is 0 Å². The molecule has 5 aromatic rings. The molecule has 0 fully saturated rings. The number of benzene rings is 5. The lowest BCUT2D eigenvalue weighted by Crippen LogP contribution is -2.63. The fourth-order valence-electron chi connectivity index (χ4n) is 15.0. The fraction of sp³-hybridized carbons (Fsp3) is 0.378. The van der Waals surface area contributed by atoms with Gasteiger partial charge in [0.25, 0.3) is 6.71 Å². The summed E-state index contributed by atoms with van der Waals surface area (Å²) in [6, 6.07) is 42.0. The van der Waals surface area contributed by atoms with Gasteiger partial charge in [-0.25, -0.2) is 0 Å². The minimum absolute atomic E-state index is 0.0361. The second-order valence-electron chi connectivity index (χ2n) is 26.9. The Morgan fingerprint density at radius 2 is 1.17 bits per heavy atom. The molecule has 3 atom stereocenters. The molecule has 0 saturated carbocycles. The predicted octanol–water partition coefficient (Wildman–Crippen LogP) is 17.3. The third-order valence-electron chi connectivity index (χ3n) is 20.7. The first-order valence-corrected chi connectivity index (χ1v) is 33.1. The van der Waals surface area contributed by atoms with Crippen molar-refractivity contribution in [1.82, 2.24) is 0 Å². The van der Waals surface area contributed by atoms with E-state index in [0.717, 1.165) is 19.3 Å². The van der Waals surface area contributed by atoms with Gasteiger partial charge in [-0.1, -0.05) is 230 Å². The van der Waals surface area contributed by atoms with E-state index in [1.54, 1.807) is 16.0 Å². The summed E-state index contributed by atoms with van der Waals surface area (Å²) in [5.41, 5.74) is 19.0. The van der Waals surface area contributed by atoms with Crippen molar-refractivity contribution in [2.75, 3.05) is 9.80 Å². The second kappa shape index (κ2) is 20.2. The van der Waals surface area contributed by atoms with Crippen molar-refractivity contribution in [3.8, 4) is 0 Å². The van der Waals surface area contributed by atoms with Crippen LogP contribution in [0, 0.1) is 17.3 Å². The lowest BCUT2D eigenvalue weighted by Gasteiger charge is -2.48. The van der Waals surface area contributed by atoms with Crippen LogP contribution in [0.2, 0.25) is 13.1 Å². The highest BCUT2D eigenvalue weighted by Crippen LogP contribution is 2.49. The molecule has 0 bridgehead atoms. The van der Waals surface area contributed by atoms with Crippen molar-refractivity contribution in [1.29, 1.82) is 0 Å². The van der Waals surface area contributed by atoms with Gasteiger partial charge in [0.15, 0.2) is 0 Å². The van der Waals surface area contributed by atoms with Crippen LogP contribution in [0.3, 0.4) is 0 Å². The second-order valence-corrected chi connectivity index (χ2v) is 31.4. The van der Waals surface area contributed by atoms with E-state index in [-0.39, 0.29) is 34.4 Å². The summed E-state index contributed by atoms with van der Waals surface area (Å²) in [5.74, 6) is 0.843. The zero-order valence-corrected chi connectivity index (χ0v) is 49.8. The van der Waals surface area contributed by atoms with Gasteiger partial charge in [-0.3, -0.25) is 0 Å². The lowest BCUT2D eigenvalue weighted by atomic mass is 9.33. The number of fused-ring (bicyclic) bond motifs is 4. The highest BCUT2D eigenvalue weighted by Gasteiger charge is 2.47. The van der Waals surface area contributed by atoms with E-state index in [1.165, 1.54) is 124 Å². The summed E-state index contributed by atoms with van der Waals surface area (Å²) in [6.07, 6.45) is 44.5. The number of hydrogen-bond donors (Lipinski definition) is 0. The summed E-state index contributed by atoms with van der Waals surface area (Å²) in [6.45, 7) is 25.1. The molecule has 398 valence electrons. The van der Waals surface area contributed by atoms with Crippen LogP contribution in [0.1, 0.15) is 148 Å². The van der Waals surface area contributed by atoms with Crippen LogP contribution < -0.4 is 31.4 Å². The SMILES string of the molecule is CC(C)(C1=CCCCC1)c1cccc(N2c3cc(C(C)(C)c4ccccc4)ccc3B3c4ccc(C(C)(C)C5C=CC=CC5)cc4N(C4C=C(C(C)(C)C5C=CC=CC5)C=CC4)c4cc([Si](C)(C)C5=CCCCC5)cc2c43)c1. The zero-order valence-electron chi connectivity index (χ0n) is 48.8. The summed E-state index contributed by atoms with van der Waals surface area (Å²) in [7, 11) is -2.21. The van der Waals surface area contributed by atoms with Gasteiger partial charge in [-0.2, -0.15) is 0 Å². The largest absolute Gasteiger partial charge is 0.335 e. The van der Waals surface area contributed by atoms with E-state index < -0.39 is 8.07 Å². The Morgan fingerprint density at radius 1 is 0.526 bits per heavy atom. The molecule has 0 aromatic heterocycles. The highest BCUT2D eigenvalue weighted by molar-refractivity contribution is 7.01. The Kier molecular flexibility index (Phi) is 13.6. The molecule has 0 spiro atoms. The van der Waals surface area contributed by atoms with Crippen LogP contribution in [-0.2, 0) is 16.2 Å². The van der Waals surface area contributed by atoms with Crippen LogP contribution in [0.5, 0.6) is 0 Å². The molecular weight excluding hydrogens is 956 g/mol. The van der Waals surface area contributed by atoms with Gasteiger partial charge < -0.3 is 9.80 Å². The maximum Gasteiger partial charge on any atom is 0.252 e. The first-order chi connectivity index (χ1) is 37.5. The number of hydrogen-bond acceptors (Lipinski definition) is 2. The van der Waals surface area contributed by atoms with Crippen molar-refractivity contribution >= 4 is 64.8 Å². The number of anilines is 5. The van der Waals surface area contributed by atoms with Crippen LogP contribution in [0.15, 0.2) is 198 Å². The van der Waals surface area contributed by atoms with Crippen LogP contribution in [-0.4, -0.2) is 20.8 Å². The van der Waals surface area contributed by atoms with Crippen molar-refractivity contribution in [2.24, 2.45) is 17.3 Å². The molecule has 5 aromatic carbocycles. The normalized spacial score (nSPS) is 21.2. The topological polar surface area (TPSA) is 6.48 Å². The molecule has 0 N–H and O–H groups in total. The lowest BCUT2D eigenvalue weighted by molar-refractivity contribution is 0.324. The Labute approximate surface area is 471 Å². The number of allylic oxidation sites excluding steroid dienone is 14. The van der Waals surface area contributed by atoms with Gasteiger partial charge in [0, 0.05) is 39.3 Å². The zero-order chi connectivity index (χ0) is 54.2. The number of nitrogens with zero attached hydrogens (tertiary/aromatic N) is 2. The van der Waals surface area contributed by atoms with Crippen LogP contribution in [0.25, 0.3) is 0 Å². The molecule has 2 nitrogen and oxygen atoms in total. The van der Waals surface area contributed by atoms with Crippen LogP contribution >= 0.6 is 0 Å². The summed E-state index contributed by atoms with van der Waals surface area (Å²) < 4.78 is 0. The number of rotatable bonds is 12. The standard InChI is InChI=1S/C74H85BN2Si/c1-71(2,52-28-16-11-17-29-52)56-36-26-38-60(46-56)76-66-48-58(73(5,6)54-32-20-13-21-33-54)42-44-64(66)75-65-45-43-59(74(7,8)55-34-22-14-23-35-55)49-67(65)77(61-39-27-37-57(47-61)72(3,4)53-30-18-12-19-31-53)69-51-63(50-68(76)70(69)75)78(9,10)62-40-24-15-25-41-62/h11,13-14,16-17,20-23,26-28,30,32,34-37,39-40,42-52,54,60H,12,15,18-19,24-25,29,31,33,38,41H2,1-10H3. The highest BCUT2D eigenvalue weighted by atomic mass is 28.3. The van der Waals surface area contributed by atoms with Crippen molar-refractivity contribution < 1.29 is 0 Å². The summed E-state index contributed by atoms with van der Waals surface area (Å²) >= 11 is 0. The molecule has 0 saturated heterocycles. The Balaban J connectivity index is 1.15. The molecule has 2 heterocycles. The molecule has 12 rings (SSSR count). The average Bonchev–Trinajstić information content (AvgIpc) is 3.66. The molecule has 5 aliphatic carbocycles. The summed E-state index contributed by atoms with van der Waals surface area (Å²) in [5, 5.41) is 3.26. The van der Waals surface area contributed by atoms with Gasteiger partial charge >= 0.3 is 0 Å². The van der Waals surface area contributed by atoms with E-state index in [0.29, 0.717) is 11.8 Å². The molecule has 4 heteroatoms. The minimum Gasteiger partial charge on any atom is -0.335 e. The maximum absolute atomic E-state index is 2.88. The first kappa shape index (κ1) is 52.6. The van der Waals surface area contributed by atoms with Crippen molar-refractivity contribution in [2.45, 2.75) is 161 Å². The fourth-order valence-corrected chi connectivity index (χ4v) is 17.8. The molecule has 7 aliphatic rings. The molecule has 0 amide bonds. The first-order valence-electron chi connectivity index (χ1n) is 30.1. The molecule has 2 aliphatic heterocycles. The molecule has 78 heavy (non-hydrogen) atoms. The quantitative estimate of drug-likeness (QED) is 0.0890. The van der Waals surface area contributed by atoms with Gasteiger partial charge in [0.2, 0.25) is 0 Å². The average molecular weight is 1040 g/mol. The van der Waals surface area contributed by atoms with E-state index in [2.05, 4.69) is 260 Å². The van der Waals surface area contributed by atoms with E-state index in [4.69, 9.17) is 0 Å². The maximum atomic E-state index is 2.88. The van der Waals surface area contributed by atoms with E-state index in [9.17, 15) is 0 Å². The monoisotopic (exact) mass is 1040 g/mol. The Morgan fingerprint density at radius 3 is 1.85 bits per heavy atom. The Bertz CT molecular complexity index is 3400. The van der Waals surface area contributed by atoms with Gasteiger partial charge in [-0.15, -0.1) is 0 Å². The predicted molar refractivity (Wildman–Crippen MR) is 341 cm³/mol. The molecular formula is C74H85BN2Si. The van der Waals surface area contributed by atoms with Gasteiger partial charge in [-0.05, 0) is 174 Å². The molecule has 0 radical (unpaired) electrons. The van der Waals surface area contributed by atoms with Gasteiger partial charge in [0.1, 0.15) is 8.07 Å². The van der Waals surface area contributed by atoms with Crippen molar-refractivity contribution in [3.63, 3.8) is 0 Å². The third kappa shape index (κ3) is 9.01.